The zero-order valence-corrected chi connectivity index (χ0v) is 9.28. The fourth-order valence-corrected chi connectivity index (χ4v) is 2.22. The van der Waals surface area contributed by atoms with Crippen molar-refractivity contribution in [2.45, 2.75) is 19.3 Å². The van der Waals surface area contributed by atoms with E-state index < -0.39 is 0 Å². The molecule has 1 amide bonds. The molecule has 2 aliphatic rings. The first-order valence-corrected chi connectivity index (χ1v) is 6.00. The van der Waals surface area contributed by atoms with Gasteiger partial charge in [0.2, 0.25) is 5.91 Å². The Labute approximate surface area is 95.4 Å². The molecule has 0 radical (unpaired) electrons. The lowest BCUT2D eigenvalue weighted by molar-refractivity contribution is -0.119. The van der Waals surface area contributed by atoms with Gasteiger partial charge in [0, 0.05) is 19.0 Å². The third kappa shape index (κ3) is 1.66. The van der Waals surface area contributed by atoms with Crippen LogP contribution in [-0.2, 0) is 4.79 Å². The lowest BCUT2D eigenvalue weighted by atomic mass is 10.2. The minimum absolute atomic E-state index is 0.297. The van der Waals surface area contributed by atoms with Crippen molar-refractivity contribution >= 4 is 17.3 Å². The Balaban J connectivity index is 1.95. The number of carbonyl (C=O) groups is 1. The van der Waals surface area contributed by atoms with Crippen molar-refractivity contribution in [2.75, 3.05) is 23.3 Å². The molecule has 0 spiro atoms. The van der Waals surface area contributed by atoms with Crippen LogP contribution in [0.25, 0.3) is 0 Å². The van der Waals surface area contributed by atoms with Crippen LogP contribution in [-0.4, -0.2) is 19.0 Å². The van der Waals surface area contributed by atoms with E-state index in [4.69, 9.17) is 0 Å². The summed E-state index contributed by atoms with van der Waals surface area (Å²) in [7, 11) is 0. The summed E-state index contributed by atoms with van der Waals surface area (Å²) in [5.41, 5.74) is 2.14. The van der Waals surface area contributed by atoms with Gasteiger partial charge in [0.05, 0.1) is 11.4 Å². The highest BCUT2D eigenvalue weighted by molar-refractivity contribution is 5.99. The lowest BCUT2D eigenvalue weighted by Crippen LogP contribution is -2.32. The quantitative estimate of drug-likeness (QED) is 0.780. The standard InChI is InChI=1S/C13H16N2O/c16-13(10-6-7-10)15-9-3-8-14-11-4-1-2-5-12(11)15/h1-2,4-5,10,14H,3,6-9H2. The zero-order valence-electron chi connectivity index (χ0n) is 9.28. The van der Waals surface area contributed by atoms with E-state index in [0.717, 1.165) is 43.7 Å². The van der Waals surface area contributed by atoms with Crippen LogP contribution in [0.4, 0.5) is 11.4 Å². The van der Waals surface area contributed by atoms with Gasteiger partial charge in [-0.1, -0.05) is 12.1 Å². The van der Waals surface area contributed by atoms with Gasteiger partial charge in [-0.25, -0.2) is 0 Å². The highest BCUT2D eigenvalue weighted by Crippen LogP contribution is 2.35. The largest absolute Gasteiger partial charge is 0.383 e. The van der Waals surface area contributed by atoms with Gasteiger partial charge < -0.3 is 10.2 Å². The minimum atomic E-state index is 0.297. The smallest absolute Gasteiger partial charge is 0.230 e. The molecule has 3 heteroatoms. The Hall–Kier alpha value is -1.51. The van der Waals surface area contributed by atoms with Gasteiger partial charge in [-0.2, -0.15) is 0 Å². The van der Waals surface area contributed by atoms with E-state index in [1.54, 1.807) is 0 Å². The van der Waals surface area contributed by atoms with Crippen molar-refractivity contribution in [1.82, 2.24) is 0 Å². The second-order valence-corrected chi connectivity index (χ2v) is 4.56. The number of hydrogen-bond donors (Lipinski definition) is 1. The van der Waals surface area contributed by atoms with Crippen molar-refractivity contribution in [1.29, 1.82) is 0 Å². The maximum Gasteiger partial charge on any atom is 0.230 e. The predicted octanol–water partition coefficient (Wildman–Crippen LogP) is 2.25. The van der Waals surface area contributed by atoms with Gasteiger partial charge in [0.15, 0.2) is 0 Å². The Morgan fingerprint density at radius 3 is 2.94 bits per heavy atom. The second-order valence-electron chi connectivity index (χ2n) is 4.56. The molecule has 1 aromatic rings. The molecule has 84 valence electrons. The van der Waals surface area contributed by atoms with Gasteiger partial charge in [0.1, 0.15) is 0 Å². The Bertz CT molecular complexity index is 412. The monoisotopic (exact) mass is 216 g/mol. The number of fused-ring (bicyclic) bond motifs is 1. The van der Waals surface area contributed by atoms with Crippen molar-refractivity contribution in [3.8, 4) is 0 Å². The summed E-state index contributed by atoms with van der Waals surface area (Å²) in [6, 6.07) is 8.09. The van der Waals surface area contributed by atoms with Crippen LogP contribution in [0.15, 0.2) is 24.3 Å². The number of carbonyl (C=O) groups excluding carboxylic acids is 1. The highest BCUT2D eigenvalue weighted by atomic mass is 16.2. The topological polar surface area (TPSA) is 32.3 Å². The van der Waals surface area contributed by atoms with E-state index >= 15 is 0 Å². The average Bonchev–Trinajstić information content (AvgIpc) is 3.15. The number of amides is 1. The molecule has 1 heterocycles. The third-order valence-electron chi connectivity index (χ3n) is 3.26. The molecule has 0 atom stereocenters. The van der Waals surface area contributed by atoms with E-state index in [-0.39, 0.29) is 0 Å². The molecule has 0 aromatic heterocycles. The first kappa shape index (κ1) is 9.70. The molecule has 0 saturated heterocycles. The highest BCUT2D eigenvalue weighted by Gasteiger charge is 2.34. The van der Waals surface area contributed by atoms with E-state index in [9.17, 15) is 4.79 Å². The molecular formula is C13H16N2O. The molecule has 1 aliphatic carbocycles. The van der Waals surface area contributed by atoms with E-state index in [0.29, 0.717) is 11.8 Å². The SMILES string of the molecule is O=C(C1CC1)N1CCCNc2ccccc21. The molecule has 3 rings (SSSR count). The average molecular weight is 216 g/mol. The fourth-order valence-electron chi connectivity index (χ4n) is 2.22. The fraction of sp³-hybridized carbons (Fsp3) is 0.462. The number of benzene rings is 1. The zero-order chi connectivity index (χ0) is 11.0. The van der Waals surface area contributed by atoms with Gasteiger partial charge in [-0.05, 0) is 31.4 Å². The Kier molecular flexibility index (Phi) is 2.31. The van der Waals surface area contributed by atoms with E-state index in [1.165, 1.54) is 0 Å². The number of hydrogen-bond acceptors (Lipinski definition) is 2. The maximum absolute atomic E-state index is 12.2. The van der Waals surface area contributed by atoms with Gasteiger partial charge in [-0.3, -0.25) is 4.79 Å². The van der Waals surface area contributed by atoms with Crippen LogP contribution in [0.5, 0.6) is 0 Å². The number of rotatable bonds is 1. The van der Waals surface area contributed by atoms with Crippen molar-refractivity contribution in [3.05, 3.63) is 24.3 Å². The normalized spacial score (nSPS) is 19.6. The molecule has 1 N–H and O–H groups in total. The van der Waals surface area contributed by atoms with Gasteiger partial charge in [0.25, 0.3) is 0 Å². The lowest BCUT2D eigenvalue weighted by Gasteiger charge is -2.22. The molecule has 0 unspecified atom stereocenters. The maximum atomic E-state index is 12.2. The first-order valence-electron chi connectivity index (χ1n) is 6.00. The predicted molar refractivity (Wildman–Crippen MR) is 64.6 cm³/mol. The minimum Gasteiger partial charge on any atom is -0.383 e. The molecule has 1 fully saturated rings. The van der Waals surface area contributed by atoms with Gasteiger partial charge in [-0.15, -0.1) is 0 Å². The summed E-state index contributed by atoms with van der Waals surface area (Å²) in [5.74, 6) is 0.613. The number of anilines is 2. The van der Waals surface area contributed by atoms with Gasteiger partial charge >= 0.3 is 0 Å². The van der Waals surface area contributed by atoms with Crippen LogP contribution in [0.2, 0.25) is 0 Å². The third-order valence-corrected chi connectivity index (χ3v) is 3.26. The van der Waals surface area contributed by atoms with Crippen LogP contribution in [0, 0.1) is 5.92 Å². The molecule has 3 nitrogen and oxygen atoms in total. The summed E-state index contributed by atoms with van der Waals surface area (Å²) >= 11 is 0. The summed E-state index contributed by atoms with van der Waals surface area (Å²) in [6.45, 7) is 1.80. The Morgan fingerprint density at radius 2 is 2.12 bits per heavy atom. The Morgan fingerprint density at radius 1 is 1.31 bits per heavy atom. The molecular weight excluding hydrogens is 200 g/mol. The molecule has 1 aromatic carbocycles. The second kappa shape index (κ2) is 3.81. The van der Waals surface area contributed by atoms with Crippen molar-refractivity contribution < 1.29 is 4.79 Å². The summed E-state index contributed by atoms with van der Waals surface area (Å²) in [6.07, 6.45) is 3.17. The first-order chi connectivity index (χ1) is 7.86. The van der Waals surface area contributed by atoms with E-state index in [1.807, 2.05) is 29.2 Å². The molecule has 16 heavy (non-hydrogen) atoms. The molecule has 1 saturated carbocycles. The van der Waals surface area contributed by atoms with Crippen LogP contribution >= 0.6 is 0 Å². The summed E-state index contributed by atoms with van der Waals surface area (Å²) in [4.78, 5) is 14.1. The molecule has 0 bridgehead atoms. The van der Waals surface area contributed by atoms with Crippen LogP contribution < -0.4 is 10.2 Å². The summed E-state index contributed by atoms with van der Waals surface area (Å²) < 4.78 is 0. The van der Waals surface area contributed by atoms with Crippen LogP contribution in [0.3, 0.4) is 0 Å². The van der Waals surface area contributed by atoms with Crippen LogP contribution in [0.1, 0.15) is 19.3 Å². The molecule has 1 aliphatic heterocycles. The number of nitrogens with zero attached hydrogens (tertiary/aromatic N) is 1. The van der Waals surface area contributed by atoms with E-state index in [2.05, 4.69) is 5.32 Å². The van der Waals surface area contributed by atoms with Crippen molar-refractivity contribution in [2.24, 2.45) is 5.92 Å². The summed E-state index contributed by atoms with van der Waals surface area (Å²) in [5, 5.41) is 3.38. The number of para-hydroxylation sites is 2. The van der Waals surface area contributed by atoms with Crippen molar-refractivity contribution in [3.63, 3.8) is 0 Å². The number of nitrogens with one attached hydrogen (secondary N) is 1.